The molecule has 1 aromatic rings. The first-order valence-corrected chi connectivity index (χ1v) is 6.34. The Morgan fingerprint density at radius 3 is 2.62 bits per heavy atom. The van der Waals surface area contributed by atoms with Gasteiger partial charge in [0.05, 0.1) is 11.0 Å². The molecule has 0 aliphatic carbocycles. The topological polar surface area (TPSA) is 61.2 Å². The average molecular weight is 259 g/mol. The van der Waals surface area contributed by atoms with Crippen molar-refractivity contribution in [3.8, 4) is 6.07 Å². The molecule has 0 heterocycles. The summed E-state index contributed by atoms with van der Waals surface area (Å²) < 4.78 is 25.0. The maximum Gasteiger partial charge on any atom is 0.244 e. The molecule has 0 saturated carbocycles. The van der Waals surface area contributed by atoms with Gasteiger partial charge in [-0.25, -0.2) is 8.42 Å². The van der Waals surface area contributed by atoms with E-state index in [-0.39, 0.29) is 4.90 Å². The molecule has 0 saturated heterocycles. The Kier molecular flexibility index (Phi) is 3.92. The monoisotopic (exact) mass is 258 g/mol. The fraction of sp³-hybridized carbons (Fsp3) is 0.300. The van der Waals surface area contributed by atoms with Gasteiger partial charge in [0.1, 0.15) is 6.04 Å². The van der Waals surface area contributed by atoms with Gasteiger partial charge in [-0.1, -0.05) is 17.7 Å². The first-order valence-electron chi connectivity index (χ1n) is 4.53. The molecule has 0 N–H and O–H groups in total. The third kappa shape index (κ3) is 2.53. The van der Waals surface area contributed by atoms with Crippen LogP contribution in [-0.2, 0) is 10.0 Å². The Hall–Kier alpha value is -1.09. The molecule has 0 fully saturated rings. The fourth-order valence-corrected chi connectivity index (χ4v) is 2.66. The van der Waals surface area contributed by atoms with E-state index in [2.05, 4.69) is 0 Å². The second kappa shape index (κ2) is 4.83. The number of nitrogens with zero attached hydrogens (tertiary/aromatic N) is 2. The van der Waals surface area contributed by atoms with Crippen molar-refractivity contribution in [2.24, 2.45) is 0 Å². The number of benzene rings is 1. The third-order valence-electron chi connectivity index (χ3n) is 2.21. The van der Waals surface area contributed by atoms with E-state index in [0.717, 1.165) is 4.31 Å². The van der Waals surface area contributed by atoms with Gasteiger partial charge in [-0.15, -0.1) is 0 Å². The largest absolute Gasteiger partial charge is 0.244 e. The van der Waals surface area contributed by atoms with Crippen molar-refractivity contribution in [1.29, 1.82) is 5.26 Å². The zero-order valence-electron chi connectivity index (χ0n) is 8.88. The van der Waals surface area contributed by atoms with Crippen molar-refractivity contribution in [2.45, 2.75) is 17.9 Å². The van der Waals surface area contributed by atoms with Gasteiger partial charge in [0.2, 0.25) is 10.0 Å². The maximum atomic E-state index is 12.0. The number of nitriles is 1. The lowest BCUT2D eigenvalue weighted by Crippen LogP contribution is -2.34. The molecule has 0 aliphatic heterocycles. The van der Waals surface area contributed by atoms with Gasteiger partial charge in [0.15, 0.2) is 0 Å². The van der Waals surface area contributed by atoms with Crippen molar-refractivity contribution >= 4 is 21.6 Å². The lowest BCUT2D eigenvalue weighted by molar-refractivity contribution is 0.442. The van der Waals surface area contributed by atoms with E-state index in [0.29, 0.717) is 5.02 Å². The lowest BCUT2D eigenvalue weighted by Gasteiger charge is -2.19. The number of rotatable bonds is 3. The van der Waals surface area contributed by atoms with Crippen LogP contribution in [0.15, 0.2) is 29.2 Å². The summed E-state index contributed by atoms with van der Waals surface area (Å²) in [6.45, 7) is 1.52. The highest BCUT2D eigenvalue weighted by Gasteiger charge is 2.25. The molecule has 0 amide bonds. The predicted molar refractivity (Wildman–Crippen MR) is 61.5 cm³/mol. The van der Waals surface area contributed by atoms with Crippen LogP contribution in [0.4, 0.5) is 0 Å². The molecular weight excluding hydrogens is 248 g/mol. The highest BCUT2D eigenvalue weighted by atomic mass is 35.5. The molecule has 0 aromatic heterocycles. The van der Waals surface area contributed by atoms with Gasteiger partial charge >= 0.3 is 0 Å². The molecule has 0 spiro atoms. The van der Waals surface area contributed by atoms with E-state index < -0.39 is 16.1 Å². The Bertz CT molecular complexity index is 522. The van der Waals surface area contributed by atoms with Crippen LogP contribution in [0.5, 0.6) is 0 Å². The average Bonchev–Trinajstić information content (AvgIpc) is 2.27. The van der Waals surface area contributed by atoms with E-state index in [1.807, 2.05) is 6.07 Å². The summed E-state index contributed by atoms with van der Waals surface area (Å²) in [5.74, 6) is 0. The number of sulfonamides is 1. The minimum absolute atomic E-state index is 0.0876. The van der Waals surface area contributed by atoms with Crippen molar-refractivity contribution in [3.05, 3.63) is 29.3 Å². The SMILES string of the molecule is CC(C#N)N(C)S(=O)(=O)c1cccc(Cl)c1. The molecule has 1 unspecified atom stereocenters. The molecule has 16 heavy (non-hydrogen) atoms. The van der Waals surface area contributed by atoms with E-state index in [9.17, 15) is 8.42 Å². The van der Waals surface area contributed by atoms with Crippen molar-refractivity contribution in [2.75, 3.05) is 7.05 Å². The molecular formula is C10H11ClN2O2S. The number of halogens is 1. The van der Waals surface area contributed by atoms with Crippen molar-refractivity contribution in [3.63, 3.8) is 0 Å². The van der Waals surface area contributed by atoms with Crippen molar-refractivity contribution in [1.82, 2.24) is 4.31 Å². The van der Waals surface area contributed by atoms with Crippen LogP contribution < -0.4 is 0 Å². The quantitative estimate of drug-likeness (QED) is 0.832. The normalized spacial score (nSPS) is 13.4. The molecule has 1 rings (SSSR count). The second-order valence-electron chi connectivity index (χ2n) is 3.28. The molecule has 86 valence electrons. The van der Waals surface area contributed by atoms with Crippen LogP contribution in [0.3, 0.4) is 0 Å². The van der Waals surface area contributed by atoms with Crippen LogP contribution in [0, 0.1) is 11.3 Å². The summed E-state index contributed by atoms with van der Waals surface area (Å²) >= 11 is 5.72. The molecule has 0 bridgehead atoms. The van der Waals surface area contributed by atoms with E-state index in [4.69, 9.17) is 16.9 Å². The second-order valence-corrected chi connectivity index (χ2v) is 5.72. The smallest absolute Gasteiger partial charge is 0.207 e. The molecule has 6 heteroatoms. The van der Waals surface area contributed by atoms with Gasteiger partial charge in [-0.05, 0) is 25.1 Å². The Morgan fingerprint density at radius 1 is 1.50 bits per heavy atom. The van der Waals surface area contributed by atoms with E-state index in [1.54, 1.807) is 12.1 Å². The standard InChI is InChI=1S/C10H11ClN2O2S/c1-8(7-12)13(2)16(14,15)10-5-3-4-9(11)6-10/h3-6,8H,1-2H3. The van der Waals surface area contributed by atoms with E-state index in [1.165, 1.54) is 26.1 Å². The van der Waals surface area contributed by atoms with Crippen LogP contribution in [0.25, 0.3) is 0 Å². The van der Waals surface area contributed by atoms with Crippen LogP contribution in [-0.4, -0.2) is 25.8 Å². The van der Waals surface area contributed by atoms with E-state index >= 15 is 0 Å². The van der Waals surface area contributed by atoms with Gasteiger partial charge in [0.25, 0.3) is 0 Å². The molecule has 1 atom stereocenters. The predicted octanol–water partition coefficient (Wildman–Crippen LogP) is 1.87. The third-order valence-corrected chi connectivity index (χ3v) is 4.36. The maximum absolute atomic E-state index is 12.0. The van der Waals surface area contributed by atoms with Gasteiger partial charge in [0, 0.05) is 12.1 Å². The summed E-state index contributed by atoms with van der Waals surface area (Å²) in [6.07, 6.45) is 0. The molecule has 0 aliphatic rings. The van der Waals surface area contributed by atoms with Gasteiger partial charge < -0.3 is 0 Å². The molecule has 1 aromatic carbocycles. The first kappa shape index (κ1) is 13.0. The highest BCUT2D eigenvalue weighted by Crippen LogP contribution is 2.19. The number of hydrogen-bond donors (Lipinski definition) is 0. The Labute approximate surface area is 100 Å². The molecule has 4 nitrogen and oxygen atoms in total. The van der Waals surface area contributed by atoms with Crippen LogP contribution in [0.1, 0.15) is 6.92 Å². The summed E-state index contributed by atoms with van der Waals surface area (Å²) in [4.78, 5) is 0.0876. The fourth-order valence-electron chi connectivity index (χ4n) is 1.08. The zero-order valence-corrected chi connectivity index (χ0v) is 10.5. The van der Waals surface area contributed by atoms with Gasteiger partial charge in [-0.2, -0.15) is 9.57 Å². The summed E-state index contributed by atoms with van der Waals surface area (Å²) in [5, 5.41) is 9.03. The Morgan fingerprint density at radius 2 is 2.12 bits per heavy atom. The molecule has 0 radical (unpaired) electrons. The lowest BCUT2D eigenvalue weighted by atomic mass is 10.4. The number of hydrogen-bond acceptors (Lipinski definition) is 3. The Balaban J connectivity index is 3.18. The van der Waals surface area contributed by atoms with Crippen LogP contribution in [0.2, 0.25) is 5.02 Å². The summed E-state index contributed by atoms with van der Waals surface area (Å²) in [5.41, 5.74) is 0. The first-order chi connectivity index (χ1) is 7.39. The summed E-state index contributed by atoms with van der Waals surface area (Å²) in [7, 11) is -2.28. The van der Waals surface area contributed by atoms with Crippen LogP contribution >= 0.6 is 11.6 Å². The minimum atomic E-state index is -3.65. The zero-order chi connectivity index (χ0) is 12.3. The minimum Gasteiger partial charge on any atom is -0.207 e. The highest BCUT2D eigenvalue weighted by molar-refractivity contribution is 7.89. The summed E-state index contributed by atoms with van der Waals surface area (Å²) in [6, 6.07) is 7.10. The van der Waals surface area contributed by atoms with Crippen molar-refractivity contribution < 1.29 is 8.42 Å². The van der Waals surface area contributed by atoms with Gasteiger partial charge in [-0.3, -0.25) is 0 Å².